The molecule has 2 rings (SSSR count). The lowest BCUT2D eigenvalue weighted by Gasteiger charge is -2.24. The van der Waals surface area contributed by atoms with E-state index < -0.39 is 38.2 Å². The van der Waals surface area contributed by atoms with E-state index in [1.165, 1.54) is 25.1 Å². The van der Waals surface area contributed by atoms with Crippen molar-refractivity contribution < 1.29 is 23.1 Å². The molecule has 4 N–H and O–H groups in total. The first-order chi connectivity index (χ1) is 14.3. The number of sulfone groups is 1. The molecule has 1 unspecified atom stereocenters. The molecule has 0 bridgehead atoms. The highest BCUT2D eigenvalue weighted by Gasteiger charge is 2.31. The number of hydrogen-bond donors (Lipinski definition) is 4. The summed E-state index contributed by atoms with van der Waals surface area (Å²) in [6, 6.07) is 7.57. The zero-order valence-corrected chi connectivity index (χ0v) is 18.5. The van der Waals surface area contributed by atoms with Gasteiger partial charge in [0.15, 0.2) is 9.84 Å². The van der Waals surface area contributed by atoms with Crippen LogP contribution in [0.4, 0.5) is 10.5 Å². The number of carboxylic acid groups (broad SMARTS) is 1. The number of rotatable bonds is 7. The molecular weight excluding hydrogens is 424 g/mol. The van der Waals surface area contributed by atoms with Gasteiger partial charge in [-0.15, -0.1) is 0 Å². The fourth-order valence-electron chi connectivity index (χ4n) is 3.01. The summed E-state index contributed by atoms with van der Waals surface area (Å²) in [6.45, 7) is 6.59. The number of aromatic nitrogens is 2. The molecule has 1 aromatic heterocycles. The third-order valence-corrected chi connectivity index (χ3v) is 6.55. The second kappa shape index (κ2) is 9.29. The summed E-state index contributed by atoms with van der Waals surface area (Å²) in [5, 5.41) is 18.5. The number of carbonyl (C=O) groups is 2. The highest BCUT2D eigenvalue weighted by atomic mass is 32.2. The number of anilines is 1. The van der Waals surface area contributed by atoms with Crippen LogP contribution in [0.15, 0.2) is 35.1 Å². The van der Waals surface area contributed by atoms with Crippen LogP contribution in [-0.4, -0.2) is 46.8 Å². The minimum atomic E-state index is -3.71. The standard InChI is InChI=1S/C20H26N4O6S/c1-12(25)21-17(31(29,30)11-20(2,3)4)10-15-9-16(18(26)24-23-15)13-5-7-14(8-6-13)22-19(27)28/h5-9,17,22H,10-11H2,1-4H3,(H,21,25)(H,24,26)(H,27,28). The molecule has 0 aliphatic heterocycles. The monoisotopic (exact) mass is 450 g/mol. The predicted molar refractivity (Wildman–Crippen MR) is 116 cm³/mol. The van der Waals surface area contributed by atoms with Gasteiger partial charge in [0.05, 0.1) is 17.0 Å². The van der Waals surface area contributed by atoms with E-state index in [9.17, 15) is 22.8 Å². The van der Waals surface area contributed by atoms with Crippen LogP contribution < -0.4 is 16.2 Å². The van der Waals surface area contributed by atoms with E-state index in [4.69, 9.17) is 5.11 Å². The van der Waals surface area contributed by atoms with Gasteiger partial charge in [-0.3, -0.25) is 14.9 Å². The van der Waals surface area contributed by atoms with E-state index in [1.807, 2.05) is 0 Å². The Kier molecular flexibility index (Phi) is 7.21. The van der Waals surface area contributed by atoms with E-state index in [1.54, 1.807) is 32.9 Å². The average molecular weight is 451 g/mol. The molecule has 0 aliphatic rings. The quantitative estimate of drug-likeness (QED) is 0.502. The van der Waals surface area contributed by atoms with Gasteiger partial charge in [0.1, 0.15) is 5.37 Å². The van der Waals surface area contributed by atoms with Crippen LogP contribution in [0.3, 0.4) is 0 Å². The minimum absolute atomic E-state index is 0.125. The summed E-state index contributed by atoms with van der Waals surface area (Å²) in [7, 11) is -3.71. The maximum Gasteiger partial charge on any atom is 0.409 e. The number of benzene rings is 1. The zero-order valence-electron chi connectivity index (χ0n) is 17.7. The van der Waals surface area contributed by atoms with Crippen LogP contribution in [0.1, 0.15) is 33.4 Å². The van der Waals surface area contributed by atoms with Gasteiger partial charge in [0.2, 0.25) is 5.91 Å². The van der Waals surface area contributed by atoms with Gasteiger partial charge in [-0.25, -0.2) is 18.3 Å². The van der Waals surface area contributed by atoms with Crippen LogP contribution in [0.2, 0.25) is 0 Å². The third-order valence-electron chi connectivity index (χ3n) is 4.13. The number of aromatic amines is 1. The lowest BCUT2D eigenvalue weighted by Crippen LogP contribution is -2.44. The van der Waals surface area contributed by atoms with Crippen molar-refractivity contribution in [1.29, 1.82) is 0 Å². The van der Waals surface area contributed by atoms with E-state index in [2.05, 4.69) is 20.8 Å². The number of H-pyrrole nitrogens is 1. The van der Waals surface area contributed by atoms with Gasteiger partial charge in [-0.2, -0.15) is 5.10 Å². The molecule has 0 radical (unpaired) electrons. The number of nitrogens with one attached hydrogen (secondary N) is 3. The molecule has 0 saturated carbocycles. The van der Waals surface area contributed by atoms with E-state index in [0.717, 1.165) is 0 Å². The van der Waals surface area contributed by atoms with Crippen LogP contribution in [-0.2, 0) is 21.1 Å². The summed E-state index contributed by atoms with van der Waals surface area (Å²) in [5.41, 5.74) is 0.345. The summed E-state index contributed by atoms with van der Waals surface area (Å²) >= 11 is 0. The molecule has 1 atom stereocenters. The first kappa shape index (κ1) is 24.1. The average Bonchev–Trinajstić information content (AvgIpc) is 2.60. The SMILES string of the molecule is CC(=O)NC(Cc1cc(-c2ccc(NC(=O)O)cc2)c(=O)[nH]n1)S(=O)(=O)CC(C)(C)C. The molecule has 1 aromatic carbocycles. The summed E-state index contributed by atoms with van der Waals surface area (Å²) in [4.78, 5) is 34.6. The summed E-state index contributed by atoms with van der Waals surface area (Å²) in [6.07, 6.45) is -1.34. The largest absolute Gasteiger partial charge is 0.465 e. The van der Waals surface area contributed by atoms with Gasteiger partial charge in [0, 0.05) is 19.0 Å². The smallest absolute Gasteiger partial charge is 0.409 e. The number of amides is 2. The van der Waals surface area contributed by atoms with Crippen molar-refractivity contribution in [3.63, 3.8) is 0 Å². The first-order valence-corrected chi connectivity index (χ1v) is 11.2. The second-order valence-corrected chi connectivity index (χ2v) is 10.6. The van der Waals surface area contributed by atoms with Gasteiger partial charge < -0.3 is 10.4 Å². The Balaban J connectivity index is 2.36. The van der Waals surface area contributed by atoms with Crippen molar-refractivity contribution in [2.75, 3.05) is 11.1 Å². The van der Waals surface area contributed by atoms with Crippen molar-refractivity contribution in [1.82, 2.24) is 15.5 Å². The fraction of sp³-hybridized carbons (Fsp3) is 0.400. The lowest BCUT2D eigenvalue weighted by molar-refractivity contribution is -0.119. The maximum atomic E-state index is 12.9. The highest BCUT2D eigenvalue weighted by molar-refractivity contribution is 7.92. The molecule has 0 aliphatic carbocycles. The highest BCUT2D eigenvalue weighted by Crippen LogP contribution is 2.22. The topological polar surface area (TPSA) is 158 Å². The summed E-state index contributed by atoms with van der Waals surface area (Å²) in [5.74, 6) is -0.632. The lowest BCUT2D eigenvalue weighted by atomic mass is 10.0. The normalized spacial score (nSPS) is 12.8. The molecule has 0 spiro atoms. The van der Waals surface area contributed by atoms with Crippen molar-refractivity contribution in [3.05, 3.63) is 46.4 Å². The maximum absolute atomic E-state index is 12.9. The Morgan fingerprint density at radius 1 is 1.19 bits per heavy atom. The first-order valence-electron chi connectivity index (χ1n) is 9.44. The molecule has 0 saturated heterocycles. The van der Waals surface area contributed by atoms with Crippen LogP contribution in [0.25, 0.3) is 11.1 Å². The Morgan fingerprint density at radius 2 is 1.81 bits per heavy atom. The predicted octanol–water partition coefficient (Wildman–Crippen LogP) is 1.99. The van der Waals surface area contributed by atoms with Crippen molar-refractivity contribution in [3.8, 4) is 11.1 Å². The molecule has 2 aromatic rings. The Hall–Kier alpha value is -3.21. The van der Waals surface area contributed by atoms with E-state index in [0.29, 0.717) is 11.3 Å². The minimum Gasteiger partial charge on any atom is -0.465 e. The third kappa shape index (κ3) is 7.21. The number of hydrogen-bond acceptors (Lipinski definition) is 6. The number of carbonyl (C=O) groups excluding carboxylic acids is 1. The molecule has 10 nitrogen and oxygen atoms in total. The van der Waals surface area contributed by atoms with Crippen molar-refractivity contribution >= 4 is 27.5 Å². The van der Waals surface area contributed by atoms with Crippen LogP contribution in [0.5, 0.6) is 0 Å². The van der Waals surface area contributed by atoms with Crippen molar-refractivity contribution in [2.45, 2.75) is 39.5 Å². The van der Waals surface area contributed by atoms with Crippen molar-refractivity contribution in [2.24, 2.45) is 5.41 Å². The summed E-state index contributed by atoms with van der Waals surface area (Å²) < 4.78 is 25.7. The molecule has 0 fully saturated rings. The molecule has 31 heavy (non-hydrogen) atoms. The van der Waals surface area contributed by atoms with Gasteiger partial charge in [0.25, 0.3) is 5.56 Å². The van der Waals surface area contributed by atoms with E-state index in [-0.39, 0.29) is 23.4 Å². The second-order valence-electron chi connectivity index (χ2n) is 8.37. The fourth-order valence-corrected chi connectivity index (χ4v) is 5.19. The molecule has 1 heterocycles. The van der Waals surface area contributed by atoms with Crippen LogP contribution >= 0.6 is 0 Å². The Morgan fingerprint density at radius 3 is 2.32 bits per heavy atom. The number of nitrogens with zero attached hydrogens (tertiary/aromatic N) is 1. The van der Waals surface area contributed by atoms with E-state index >= 15 is 0 Å². The van der Waals surface area contributed by atoms with Gasteiger partial charge in [-0.05, 0) is 29.2 Å². The molecular formula is C20H26N4O6S. The van der Waals surface area contributed by atoms with Gasteiger partial charge >= 0.3 is 6.09 Å². The molecule has 2 amide bonds. The Labute approximate surface area is 180 Å². The molecule has 11 heteroatoms. The molecule has 168 valence electrons. The van der Waals surface area contributed by atoms with Crippen LogP contribution in [0, 0.1) is 5.41 Å². The Bertz CT molecular complexity index is 1120. The van der Waals surface area contributed by atoms with Gasteiger partial charge in [-0.1, -0.05) is 32.9 Å². The zero-order chi connectivity index (χ0) is 23.4.